The second kappa shape index (κ2) is 5.52. The van der Waals surface area contributed by atoms with Gasteiger partial charge in [0, 0.05) is 23.6 Å². The molecule has 0 aliphatic heterocycles. The van der Waals surface area contributed by atoms with Crippen molar-refractivity contribution in [2.75, 3.05) is 6.54 Å². The van der Waals surface area contributed by atoms with Crippen LogP contribution >= 0.6 is 15.9 Å². The fraction of sp³-hybridized carbons (Fsp3) is 0.538. The van der Waals surface area contributed by atoms with E-state index >= 15 is 0 Å². The van der Waals surface area contributed by atoms with Crippen molar-refractivity contribution in [2.45, 2.75) is 44.2 Å². The van der Waals surface area contributed by atoms with E-state index in [9.17, 15) is 8.42 Å². The highest BCUT2D eigenvalue weighted by Crippen LogP contribution is 2.34. The van der Waals surface area contributed by atoms with E-state index in [1.807, 2.05) is 19.9 Å². The Morgan fingerprint density at radius 3 is 2.53 bits per heavy atom. The number of nitrogens with zero attached hydrogens (tertiary/aromatic N) is 1. The first-order valence-electron chi connectivity index (χ1n) is 6.42. The molecule has 0 bridgehead atoms. The van der Waals surface area contributed by atoms with Gasteiger partial charge in [0.2, 0.25) is 10.0 Å². The molecule has 1 aliphatic carbocycles. The molecular formula is C13H19BrN2O2S. The predicted octanol–water partition coefficient (Wildman–Crippen LogP) is 2.39. The number of benzene rings is 1. The summed E-state index contributed by atoms with van der Waals surface area (Å²) in [7, 11) is -3.43. The van der Waals surface area contributed by atoms with Gasteiger partial charge in [-0.1, -0.05) is 22.9 Å². The molecule has 4 nitrogen and oxygen atoms in total. The Balaban J connectivity index is 2.53. The first-order valence-corrected chi connectivity index (χ1v) is 8.66. The van der Waals surface area contributed by atoms with Crippen LogP contribution in [0.15, 0.2) is 21.5 Å². The number of sulfonamides is 1. The molecule has 1 aliphatic rings. The van der Waals surface area contributed by atoms with E-state index in [2.05, 4.69) is 15.9 Å². The lowest BCUT2D eigenvalue weighted by atomic mass is 10.1. The minimum Gasteiger partial charge on any atom is -0.326 e. The second-order valence-corrected chi connectivity index (χ2v) is 7.56. The zero-order valence-electron chi connectivity index (χ0n) is 11.2. The average molecular weight is 347 g/mol. The van der Waals surface area contributed by atoms with Gasteiger partial charge in [-0.05, 0) is 43.0 Å². The van der Waals surface area contributed by atoms with E-state index in [1.54, 1.807) is 10.4 Å². The van der Waals surface area contributed by atoms with Gasteiger partial charge in [-0.25, -0.2) is 8.42 Å². The Kier molecular flexibility index (Phi) is 4.35. The summed E-state index contributed by atoms with van der Waals surface area (Å²) in [5.74, 6) is 0. The molecule has 0 radical (unpaired) electrons. The predicted molar refractivity (Wildman–Crippen MR) is 79.4 cm³/mol. The molecule has 1 saturated carbocycles. The Bertz CT molecular complexity index is 583. The summed E-state index contributed by atoms with van der Waals surface area (Å²) < 4.78 is 27.9. The van der Waals surface area contributed by atoms with Crippen molar-refractivity contribution in [1.29, 1.82) is 0 Å². The molecule has 1 aromatic carbocycles. The van der Waals surface area contributed by atoms with Crippen molar-refractivity contribution in [2.24, 2.45) is 5.73 Å². The number of hydrogen-bond acceptors (Lipinski definition) is 3. The minimum atomic E-state index is -3.43. The smallest absolute Gasteiger partial charge is 0.243 e. The van der Waals surface area contributed by atoms with Gasteiger partial charge in [-0.15, -0.1) is 0 Å². The van der Waals surface area contributed by atoms with E-state index in [4.69, 9.17) is 5.73 Å². The quantitative estimate of drug-likeness (QED) is 0.890. The Labute approximate surface area is 123 Å². The van der Waals surface area contributed by atoms with Crippen LogP contribution in [0.4, 0.5) is 0 Å². The summed E-state index contributed by atoms with van der Waals surface area (Å²) in [5.41, 5.74) is 7.20. The Morgan fingerprint density at radius 1 is 1.42 bits per heavy atom. The molecule has 0 spiro atoms. The molecule has 2 rings (SSSR count). The largest absolute Gasteiger partial charge is 0.326 e. The van der Waals surface area contributed by atoms with Crippen molar-refractivity contribution in [3.63, 3.8) is 0 Å². The van der Waals surface area contributed by atoms with E-state index in [1.165, 1.54) is 0 Å². The molecular weight excluding hydrogens is 328 g/mol. The van der Waals surface area contributed by atoms with E-state index < -0.39 is 10.0 Å². The molecule has 6 heteroatoms. The van der Waals surface area contributed by atoms with Crippen molar-refractivity contribution < 1.29 is 8.42 Å². The molecule has 0 saturated heterocycles. The molecule has 0 unspecified atom stereocenters. The van der Waals surface area contributed by atoms with Crippen LogP contribution in [-0.2, 0) is 16.6 Å². The van der Waals surface area contributed by atoms with Crippen molar-refractivity contribution >= 4 is 26.0 Å². The van der Waals surface area contributed by atoms with Gasteiger partial charge in [0.15, 0.2) is 0 Å². The summed E-state index contributed by atoms with van der Waals surface area (Å²) in [6.45, 7) is 4.54. The number of rotatable bonds is 5. The Morgan fingerprint density at radius 2 is 2.05 bits per heavy atom. The van der Waals surface area contributed by atoms with Gasteiger partial charge >= 0.3 is 0 Å². The summed E-state index contributed by atoms with van der Waals surface area (Å²) in [6.07, 6.45) is 1.92. The first-order chi connectivity index (χ1) is 8.91. The summed E-state index contributed by atoms with van der Waals surface area (Å²) in [6, 6.07) is 3.75. The molecule has 19 heavy (non-hydrogen) atoms. The van der Waals surface area contributed by atoms with E-state index in [0.717, 1.165) is 28.4 Å². The molecule has 106 valence electrons. The van der Waals surface area contributed by atoms with Crippen LogP contribution in [0.1, 0.15) is 30.9 Å². The third kappa shape index (κ3) is 2.86. The van der Waals surface area contributed by atoms with Gasteiger partial charge < -0.3 is 5.73 Å². The maximum atomic E-state index is 12.8. The summed E-state index contributed by atoms with van der Waals surface area (Å²) in [4.78, 5) is 0.371. The highest BCUT2D eigenvalue weighted by molar-refractivity contribution is 9.10. The van der Waals surface area contributed by atoms with Gasteiger partial charge in [-0.2, -0.15) is 4.31 Å². The van der Waals surface area contributed by atoms with Crippen molar-refractivity contribution in [3.05, 3.63) is 27.7 Å². The molecule has 2 N–H and O–H groups in total. The summed E-state index contributed by atoms with van der Waals surface area (Å²) >= 11 is 3.42. The van der Waals surface area contributed by atoms with Gasteiger partial charge in [0.05, 0.1) is 4.90 Å². The van der Waals surface area contributed by atoms with Gasteiger partial charge in [0.1, 0.15) is 0 Å². The van der Waals surface area contributed by atoms with Gasteiger partial charge in [0.25, 0.3) is 0 Å². The monoisotopic (exact) mass is 346 g/mol. The van der Waals surface area contributed by atoms with E-state index in [-0.39, 0.29) is 6.04 Å². The SMILES string of the molecule is CCN(C1CC1)S(=O)(=O)c1cc(CN)cc(Br)c1C. The zero-order chi connectivity index (χ0) is 14.2. The van der Waals surface area contributed by atoms with Crippen molar-refractivity contribution in [3.8, 4) is 0 Å². The molecule has 1 aromatic rings. The van der Waals surface area contributed by atoms with Crippen LogP contribution < -0.4 is 5.73 Å². The standard InChI is InChI=1S/C13H19BrN2O2S/c1-3-16(11-4-5-11)19(17,18)13-7-10(8-15)6-12(14)9(13)2/h6-7,11H,3-5,8,15H2,1-2H3. The molecule has 0 heterocycles. The highest BCUT2D eigenvalue weighted by atomic mass is 79.9. The fourth-order valence-electron chi connectivity index (χ4n) is 2.21. The highest BCUT2D eigenvalue weighted by Gasteiger charge is 2.37. The lowest BCUT2D eigenvalue weighted by molar-refractivity contribution is 0.420. The zero-order valence-corrected chi connectivity index (χ0v) is 13.6. The van der Waals surface area contributed by atoms with Crippen LogP contribution in [-0.4, -0.2) is 25.3 Å². The molecule has 0 atom stereocenters. The lowest BCUT2D eigenvalue weighted by Crippen LogP contribution is -2.33. The second-order valence-electron chi connectivity index (χ2n) is 4.84. The van der Waals surface area contributed by atoms with Gasteiger partial charge in [-0.3, -0.25) is 0 Å². The van der Waals surface area contributed by atoms with Crippen LogP contribution in [0.5, 0.6) is 0 Å². The number of hydrogen-bond donors (Lipinski definition) is 1. The van der Waals surface area contributed by atoms with Crippen LogP contribution in [0.25, 0.3) is 0 Å². The minimum absolute atomic E-state index is 0.176. The lowest BCUT2D eigenvalue weighted by Gasteiger charge is -2.22. The fourth-order valence-corrected chi connectivity index (χ4v) is 4.84. The Hall–Kier alpha value is -0.430. The summed E-state index contributed by atoms with van der Waals surface area (Å²) in [5, 5.41) is 0. The normalized spacial score (nSPS) is 16.1. The first kappa shape index (κ1) is 15.0. The van der Waals surface area contributed by atoms with Crippen LogP contribution in [0.3, 0.4) is 0 Å². The molecule has 0 aromatic heterocycles. The average Bonchev–Trinajstić information content (AvgIpc) is 3.17. The van der Waals surface area contributed by atoms with E-state index in [0.29, 0.717) is 18.0 Å². The topological polar surface area (TPSA) is 63.4 Å². The third-order valence-electron chi connectivity index (χ3n) is 3.44. The molecule has 0 amide bonds. The number of halogens is 1. The third-order valence-corrected chi connectivity index (χ3v) is 6.42. The van der Waals surface area contributed by atoms with Crippen molar-refractivity contribution in [1.82, 2.24) is 4.31 Å². The number of nitrogens with two attached hydrogens (primary N) is 1. The maximum Gasteiger partial charge on any atom is 0.243 e. The molecule has 1 fully saturated rings. The van der Waals surface area contributed by atoms with Crippen LogP contribution in [0.2, 0.25) is 0 Å². The maximum absolute atomic E-state index is 12.8. The van der Waals surface area contributed by atoms with Crippen LogP contribution in [0, 0.1) is 6.92 Å².